The lowest BCUT2D eigenvalue weighted by molar-refractivity contribution is 0.00442. The summed E-state index contributed by atoms with van der Waals surface area (Å²) >= 11 is 0. The van der Waals surface area contributed by atoms with Crippen LogP contribution in [0.1, 0.15) is 63.2 Å². The van der Waals surface area contributed by atoms with Gasteiger partial charge in [-0.15, -0.1) is 4.68 Å². The lowest BCUT2D eigenvalue weighted by Gasteiger charge is -2.34. The van der Waals surface area contributed by atoms with E-state index < -0.39 is 29.2 Å². The molecule has 0 radical (unpaired) electrons. The van der Waals surface area contributed by atoms with Gasteiger partial charge in [0.2, 0.25) is 0 Å². The first-order valence-electron chi connectivity index (χ1n) is 13.0. The molecule has 11 heteroatoms. The van der Waals surface area contributed by atoms with Gasteiger partial charge in [0.05, 0.1) is 24.4 Å². The molecule has 1 saturated heterocycles. The van der Waals surface area contributed by atoms with Crippen molar-refractivity contribution in [2.45, 2.75) is 59.2 Å². The van der Waals surface area contributed by atoms with Crippen LogP contribution in [0.3, 0.4) is 0 Å². The standard InChI is InChI=1S/C27H38N6O5/c1-8-37-25(36)33-22(20-17-32(24(35)38-26(2,3)4)27(5,6)21(20)29-33)28-23(34)18-9-11-19(12-10-18)31-15-13-30(7)14-16-31/h9-12H,8,13-17H2,1-7H3,(H,28,34). The molecule has 2 aromatic rings. The zero-order chi connectivity index (χ0) is 27.8. The summed E-state index contributed by atoms with van der Waals surface area (Å²) in [6.45, 7) is 14.9. The van der Waals surface area contributed by atoms with Gasteiger partial charge in [0.1, 0.15) is 11.4 Å². The Balaban J connectivity index is 1.60. The number of piperazine rings is 1. The highest BCUT2D eigenvalue weighted by Crippen LogP contribution is 2.42. The summed E-state index contributed by atoms with van der Waals surface area (Å²) in [6, 6.07) is 7.40. The molecule has 2 amide bonds. The number of hydrogen-bond acceptors (Lipinski definition) is 8. The number of nitrogens with one attached hydrogen (secondary N) is 1. The summed E-state index contributed by atoms with van der Waals surface area (Å²) in [5.74, 6) is -0.206. The topological polar surface area (TPSA) is 109 Å². The zero-order valence-corrected chi connectivity index (χ0v) is 23.3. The molecule has 0 atom stereocenters. The van der Waals surface area contributed by atoms with Gasteiger partial charge in [0, 0.05) is 43.0 Å². The summed E-state index contributed by atoms with van der Waals surface area (Å²) in [7, 11) is 2.11. The lowest BCUT2D eigenvalue weighted by Crippen LogP contribution is -2.44. The molecule has 3 heterocycles. The molecule has 1 aromatic carbocycles. The molecule has 38 heavy (non-hydrogen) atoms. The Morgan fingerprint density at radius 2 is 1.66 bits per heavy atom. The average Bonchev–Trinajstić information content (AvgIpc) is 3.33. The number of aromatic nitrogens is 2. The van der Waals surface area contributed by atoms with E-state index in [-0.39, 0.29) is 19.0 Å². The van der Waals surface area contributed by atoms with Crippen molar-refractivity contribution in [3.05, 3.63) is 41.1 Å². The fourth-order valence-corrected chi connectivity index (χ4v) is 4.70. The van der Waals surface area contributed by atoms with Gasteiger partial charge in [0.15, 0.2) is 0 Å². The number of amides is 2. The molecule has 0 unspecified atom stereocenters. The number of hydrogen-bond donors (Lipinski definition) is 1. The number of carbonyl (C=O) groups is 3. The van der Waals surface area contributed by atoms with Crippen LogP contribution < -0.4 is 10.2 Å². The van der Waals surface area contributed by atoms with Crippen molar-refractivity contribution < 1.29 is 23.9 Å². The van der Waals surface area contributed by atoms with E-state index in [0.717, 1.165) is 36.5 Å². The van der Waals surface area contributed by atoms with Crippen LogP contribution in [0, 0.1) is 0 Å². The van der Waals surface area contributed by atoms with E-state index in [0.29, 0.717) is 16.8 Å². The third kappa shape index (κ3) is 5.47. The Bertz CT molecular complexity index is 1210. The number of rotatable bonds is 4. The van der Waals surface area contributed by atoms with Crippen molar-refractivity contribution >= 4 is 29.6 Å². The number of anilines is 2. The van der Waals surface area contributed by atoms with Crippen LogP contribution >= 0.6 is 0 Å². The molecule has 0 spiro atoms. The Morgan fingerprint density at radius 1 is 1.03 bits per heavy atom. The second kappa shape index (κ2) is 10.3. The van der Waals surface area contributed by atoms with Crippen LogP contribution in [0.15, 0.2) is 24.3 Å². The molecule has 0 saturated carbocycles. The maximum absolute atomic E-state index is 13.3. The second-order valence-electron chi connectivity index (χ2n) is 11.2. The van der Waals surface area contributed by atoms with Gasteiger partial charge in [-0.25, -0.2) is 9.59 Å². The van der Waals surface area contributed by atoms with Gasteiger partial charge < -0.3 is 24.6 Å². The van der Waals surface area contributed by atoms with Gasteiger partial charge in [-0.3, -0.25) is 9.69 Å². The summed E-state index contributed by atoms with van der Waals surface area (Å²) in [4.78, 5) is 45.2. The number of ether oxygens (including phenoxy) is 2. The zero-order valence-electron chi connectivity index (χ0n) is 23.3. The Hall–Kier alpha value is -3.60. The van der Waals surface area contributed by atoms with Crippen LogP contribution in [0.5, 0.6) is 0 Å². The second-order valence-corrected chi connectivity index (χ2v) is 11.2. The Kier molecular flexibility index (Phi) is 7.42. The first-order chi connectivity index (χ1) is 17.8. The van der Waals surface area contributed by atoms with E-state index in [4.69, 9.17) is 9.47 Å². The van der Waals surface area contributed by atoms with Crippen LogP contribution in [0.25, 0.3) is 0 Å². The number of carbonyl (C=O) groups excluding carboxylic acids is 3. The Morgan fingerprint density at radius 3 is 2.24 bits per heavy atom. The SMILES string of the molecule is CCOC(=O)n1nc2c(c1NC(=O)c1ccc(N3CCN(C)CC3)cc1)CN(C(=O)OC(C)(C)C)C2(C)C. The van der Waals surface area contributed by atoms with Crippen molar-refractivity contribution in [2.75, 3.05) is 50.1 Å². The van der Waals surface area contributed by atoms with Gasteiger partial charge in [-0.05, 0) is 72.9 Å². The van der Waals surface area contributed by atoms with Crippen molar-refractivity contribution in [3.63, 3.8) is 0 Å². The van der Waals surface area contributed by atoms with E-state index in [9.17, 15) is 14.4 Å². The predicted octanol–water partition coefficient (Wildman–Crippen LogP) is 3.88. The monoisotopic (exact) mass is 526 g/mol. The van der Waals surface area contributed by atoms with E-state index in [1.807, 2.05) is 26.0 Å². The van der Waals surface area contributed by atoms with Gasteiger partial charge in [0.25, 0.3) is 5.91 Å². The highest BCUT2D eigenvalue weighted by atomic mass is 16.6. The number of benzene rings is 1. The molecular formula is C27H38N6O5. The molecule has 11 nitrogen and oxygen atoms in total. The highest BCUT2D eigenvalue weighted by Gasteiger charge is 2.47. The first kappa shape index (κ1) is 27.4. The smallest absolute Gasteiger partial charge is 0.436 e. The molecular weight excluding hydrogens is 488 g/mol. The molecule has 1 fully saturated rings. The fourth-order valence-electron chi connectivity index (χ4n) is 4.70. The summed E-state index contributed by atoms with van der Waals surface area (Å²) < 4.78 is 11.9. The molecule has 2 aliphatic rings. The molecule has 0 aliphatic carbocycles. The third-order valence-corrected chi connectivity index (χ3v) is 6.84. The van der Waals surface area contributed by atoms with Crippen molar-refractivity contribution in [3.8, 4) is 0 Å². The van der Waals surface area contributed by atoms with Crippen LogP contribution in [-0.4, -0.2) is 83.1 Å². The minimum Gasteiger partial charge on any atom is -0.448 e. The number of nitrogens with zero attached hydrogens (tertiary/aromatic N) is 5. The molecule has 2 aliphatic heterocycles. The van der Waals surface area contributed by atoms with Gasteiger partial charge >= 0.3 is 12.2 Å². The maximum atomic E-state index is 13.3. The van der Waals surface area contributed by atoms with E-state index >= 15 is 0 Å². The predicted molar refractivity (Wildman–Crippen MR) is 144 cm³/mol. The molecule has 4 rings (SSSR count). The summed E-state index contributed by atoms with van der Waals surface area (Å²) in [5, 5.41) is 7.35. The van der Waals surface area contributed by atoms with Crippen molar-refractivity contribution in [1.29, 1.82) is 0 Å². The van der Waals surface area contributed by atoms with E-state index in [2.05, 4.69) is 27.3 Å². The maximum Gasteiger partial charge on any atom is 0.436 e. The van der Waals surface area contributed by atoms with E-state index in [1.165, 1.54) is 0 Å². The number of likely N-dealkylation sites (N-methyl/N-ethyl adjacent to an activating group) is 1. The van der Waals surface area contributed by atoms with Crippen molar-refractivity contribution in [1.82, 2.24) is 19.6 Å². The van der Waals surface area contributed by atoms with Crippen LogP contribution in [0.4, 0.5) is 21.1 Å². The average molecular weight is 527 g/mol. The summed E-state index contributed by atoms with van der Waals surface area (Å²) in [5.41, 5.74) is 1.01. The minimum absolute atomic E-state index is 0.120. The molecule has 1 aromatic heterocycles. The van der Waals surface area contributed by atoms with Crippen LogP contribution in [-0.2, 0) is 21.6 Å². The third-order valence-electron chi connectivity index (χ3n) is 6.84. The van der Waals surface area contributed by atoms with E-state index in [1.54, 1.807) is 44.7 Å². The van der Waals surface area contributed by atoms with Gasteiger partial charge in [-0.2, -0.15) is 5.10 Å². The normalized spacial score (nSPS) is 17.2. The quantitative estimate of drug-likeness (QED) is 0.639. The van der Waals surface area contributed by atoms with Crippen LogP contribution in [0.2, 0.25) is 0 Å². The highest BCUT2D eigenvalue weighted by molar-refractivity contribution is 6.05. The van der Waals surface area contributed by atoms with Crippen molar-refractivity contribution in [2.24, 2.45) is 0 Å². The first-order valence-corrected chi connectivity index (χ1v) is 13.0. The molecule has 1 N–H and O–H groups in total. The molecule has 0 bridgehead atoms. The lowest BCUT2D eigenvalue weighted by atomic mass is 10.0. The number of fused-ring (bicyclic) bond motifs is 1. The molecule has 206 valence electrons. The Labute approximate surface area is 223 Å². The summed E-state index contributed by atoms with van der Waals surface area (Å²) in [6.07, 6.45) is -1.21. The largest absolute Gasteiger partial charge is 0.448 e. The minimum atomic E-state index is -0.876. The fraction of sp³-hybridized carbons (Fsp3) is 0.556. The van der Waals surface area contributed by atoms with Gasteiger partial charge in [-0.1, -0.05) is 0 Å².